The number of halogens is 1. The summed E-state index contributed by atoms with van der Waals surface area (Å²) in [5.74, 6) is -3.17. The van der Waals surface area contributed by atoms with Crippen LogP contribution in [0.5, 0.6) is 5.75 Å². The van der Waals surface area contributed by atoms with Crippen molar-refractivity contribution in [3.8, 4) is 5.75 Å². The number of nitrogens with zero attached hydrogens (tertiary/aromatic N) is 2. The quantitative estimate of drug-likeness (QED) is 0.143. The number of rotatable bonds is 7. The van der Waals surface area contributed by atoms with Gasteiger partial charge in [-0.2, -0.15) is 0 Å². The molecular weight excluding hydrogens is 504 g/mol. The van der Waals surface area contributed by atoms with Crippen molar-refractivity contribution in [2.75, 3.05) is 18.6 Å². The van der Waals surface area contributed by atoms with E-state index in [2.05, 4.69) is 0 Å². The molecule has 3 aromatic carbocycles. The highest BCUT2D eigenvalue weighted by Gasteiger charge is 2.43. The Morgan fingerprint density at radius 2 is 1.76 bits per heavy atom. The summed E-state index contributed by atoms with van der Waals surface area (Å²) in [5.41, 5.74) is 1.00. The molecule has 3 aromatic rings. The lowest BCUT2D eigenvalue weighted by Crippen LogP contribution is -2.30. The van der Waals surface area contributed by atoms with E-state index in [1.165, 1.54) is 25.3 Å². The van der Waals surface area contributed by atoms with Gasteiger partial charge in [0.2, 0.25) is 0 Å². The number of esters is 1. The Kier molecular flexibility index (Phi) is 6.78. The number of fused-ring (bicyclic) bond motifs is 1. The Bertz CT molecular complexity index is 1510. The molecule has 0 N–H and O–H groups in total. The Balaban J connectivity index is 1.61. The van der Waals surface area contributed by atoms with Crippen LogP contribution in [0, 0.1) is 24.0 Å². The number of aryl methyl sites for hydroxylation is 2. The van der Waals surface area contributed by atoms with Crippen LogP contribution in [0.3, 0.4) is 0 Å². The molecule has 0 fully saturated rings. The number of nitro benzene ring substituents is 1. The van der Waals surface area contributed by atoms with Crippen LogP contribution in [0.15, 0.2) is 48.5 Å². The van der Waals surface area contributed by atoms with Gasteiger partial charge in [-0.1, -0.05) is 29.8 Å². The first kappa shape index (κ1) is 25.5. The minimum Gasteiger partial charge on any atom is -0.496 e. The topological polar surface area (TPSA) is 133 Å². The third kappa shape index (κ3) is 4.54. The number of carbonyl (C=O) groups excluding carboxylic acids is 4. The normalized spacial score (nSPS) is 12.4. The Morgan fingerprint density at radius 1 is 1.03 bits per heavy atom. The molecule has 188 valence electrons. The molecule has 0 bridgehead atoms. The Morgan fingerprint density at radius 3 is 2.41 bits per heavy atom. The second kappa shape index (κ2) is 9.82. The van der Waals surface area contributed by atoms with Crippen LogP contribution in [0.1, 0.15) is 52.6 Å². The number of methoxy groups -OCH3 is 1. The first-order valence-electron chi connectivity index (χ1n) is 10.9. The number of benzene rings is 3. The molecular formula is C26H19ClN2O8. The minimum atomic E-state index is -0.939. The predicted molar refractivity (Wildman–Crippen MR) is 133 cm³/mol. The maximum atomic E-state index is 13.0. The Hall–Kier alpha value is -4.57. The van der Waals surface area contributed by atoms with Crippen molar-refractivity contribution in [1.29, 1.82) is 0 Å². The molecule has 1 aliphatic rings. The van der Waals surface area contributed by atoms with E-state index < -0.39 is 40.8 Å². The van der Waals surface area contributed by atoms with Crippen molar-refractivity contribution in [1.82, 2.24) is 0 Å². The molecule has 0 saturated heterocycles. The summed E-state index contributed by atoms with van der Waals surface area (Å²) < 4.78 is 10.4. The lowest BCUT2D eigenvalue weighted by molar-refractivity contribution is -0.385. The van der Waals surface area contributed by atoms with Gasteiger partial charge in [0.05, 0.1) is 28.3 Å². The van der Waals surface area contributed by atoms with Crippen LogP contribution >= 0.6 is 11.6 Å². The summed E-state index contributed by atoms with van der Waals surface area (Å²) in [5, 5.41) is 11.2. The fourth-order valence-electron chi connectivity index (χ4n) is 3.89. The van der Waals surface area contributed by atoms with E-state index in [4.69, 9.17) is 21.1 Å². The van der Waals surface area contributed by atoms with Crippen LogP contribution in [-0.4, -0.2) is 42.2 Å². The lowest BCUT2D eigenvalue weighted by atomic mass is 10.0. The van der Waals surface area contributed by atoms with E-state index >= 15 is 0 Å². The zero-order valence-electron chi connectivity index (χ0n) is 19.9. The van der Waals surface area contributed by atoms with Crippen molar-refractivity contribution < 1.29 is 33.6 Å². The van der Waals surface area contributed by atoms with Gasteiger partial charge in [-0.05, 0) is 43.2 Å². The molecule has 2 amide bonds. The second-order valence-corrected chi connectivity index (χ2v) is 8.61. The fraction of sp³-hybridized carbons (Fsp3) is 0.154. The highest BCUT2D eigenvalue weighted by atomic mass is 35.5. The maximum Gasteiger partial charge on any atom is 0.342 e. The van der Waals surface area contributed by atoms with Gasteiger partial charge < -0.3 is 9.47 Å². The minimum absolute atomic E-state index is 0.0888. The van der Waals surface area contributed by atoms with Gasteiger partial charge in [0.15, 0.2) is 12.4 Å². The van der Waals surface area contributed by atoms with E-state index in [9.17, 15) is 29.3 Å². The zero-order valence-corrected chi connectivity index (χ0v) is 20.6. The highest BCUT2D eigenvalue weighted by Crippen LogP contribution is 2.40. The molecule has 0 aromatic heterocycles. The van der Waals surface area contributed by atoms with Crippen molar-refractivity contribution >= 4 is 46.5 Å². The summed E-state index contributed by atoms with van der Waals surface area (Å²) in [7, 11) is 1.25. The van der Waals surface area contributed by atoms with Crippen LogP contribution in [0.2, 0.25) is 5.02 Å². The Labute approximate surface area is 215 Å². The molecule has 1 aliphatic heterocycles. The van der Waals surface area contributed by atoms with E-state index in [0.29, 0.717) is 10.5 Å². The van der Waals surface area contributed by atoms with Crippen molar-refractivity contribution in [2.24, 2.45) is 0 Å². The van der Waals surface area contributed by atoms with Crippen molar-refractivity contribution in [2.45, 2.75) is 13.8 Å². The van der Waals surface area contributed by atoms with E-state index in [-0.39, 0.29) is 33.1 Å². The van der Waals surface area contributed by atoms with E-state index in [1.54, 1.807) is 18.2 Å². The summed E-state index contributed by atoms with van der Waals surface area (Å²) in [6.07, 6.45) is 0. The van der Waals surface area contributed by atoms with Crippen LogP contribution < -0.4 is 9.64 Å². The maximum absolute atomic E-state index is 13.0. The largest absolute Gasteiger partial charge is 0.496 e. The molecule has 37 heavy (non-hydrogen) atoms. The molecule has 0 spiro atoms. The number of amides is 2. The standard InChI is InChI=1S/C26H19ClN2O8/c1-13-7-8-15(9-14(13)2)21(30)12-37-26(33)17-10-18(27)20(11-22(17)36-3)28-24(31)16-5-4-6-19(29(34)35)23(16)25(28)32/h4-11H,12H2,1-3H3. The summed E-state index contributed by atoms with van der Waals surface area (Å²) >= 11 is 6.34. The first-order chi connectivity index (χ1) is 17.5. The second-order valence-electron chi connectivity index (χ2n) is 8.20. The van der Waals surface area contributed by atoms with Gasteiger partial charge in [-0.25, -0.2) is 9.69 Å². The number of Topliss-reactive ketones (excluding diaryl/α,β-unsaturated/α-hetero) is 1. The summed E-state index contributed by atoms with van der Waals surface area (Å²) in [4.78, 5) is 62.5. The number of ketones is 1. The number of hydrogen-bond acceptors (Lipinski definition) is 8. The average molecular weight is 523 g/mol. The average Bonchev–Trinajstić information content (AvgIpc) is 3.13. The van der Waals surface area contributed by atoms with Crippen LogP contribution in [0.25, 0.3) is 0 Å². The monoisotopic (exact) mass is 522 g/mol. The van der Waals surface area contributed by atoms with E-state index in [0.717, 1.165) is 23.3 Å². The molecule has 0 radical (unpaired) electrons. The first-order valence-corrected chi connectivity index (χ1v) is 11.2. The van der Waals surface area contributed by atoms with Gasteiger partial charge in [0.1, 0.15) is 16.9 Å². The smallest absolute Gasteiger partial charge is 0.342 e. The number of imide groups is 1. The fourth-order valence-corrected chi connectivity index (χ4v) is 4.14. The molecule has 0 saturated carbocycles. The highest BCUT2D eigenvalue weighted by molar-refractivity contribution is 6.40. The van der Waals surface area contributed by atoms with Crippen LogP contribution in [0.4, 0.5) is 11.4 Å². The number of nitro groups is 1. The van der Waals surface area contributed by atoms with Crippen molar-refractivity contribution in [3.05, 3.63) is 97.0 Å². The van der Waals surface area contributed by atoms with Gasteiger partial charge in [0, 0.05) is 17.7 Å². The summed E-state index contributed by atoms with van der Waals surface area (Å²) in [6, 6.07) is 11.2. The van der Waals surface area contributed by atoms with Gasteiger partial charge >= 0.3 is 5.97 Å². The molecule has 0 aliphatic carbocycles. The summed E-state index contributed by atoms with van der Waals surface area (Å²) in [6.45, 7) is 3.23. The molecule has 4 rings (SSSR count). The molecule has 10 nitrogen and oxygen atoms in total. The van der Waals surface area contributed by atoms with Crippen LogP contribution in [-0.2, 0) is 4.74 Å². The van der Waals surface area contributed by atoms with Crippen molar-refractivity contribution in [3.63, 3.8) is 0 Å². The number of hydrogen-bond donors (Lipinski definition) is 0. The zero-order chi connectivity index (χ0) is 27.0. The number of anilines is 1. The third-order valence-corrected chi connectivity index (χ3v) is 6.29. The molecule has 1 heterocycles. The predicted octanol–water partition coefficient (Wildman–Crippen LogP) is 4.71. The van der Waals surface area contributed by atoms with Gasteiger partial charge in [0.25, 0.3) is 17.5 Å². The number of ether oxygens (including phenoxy) is 2. The molecule has 0 atom stereocenters. The number of carbonyl (C=O) groups is 4. The van der Waals surface area contributed by atoms with E-state index in [1.807, 2.05) is 13.8 Å². The third-order valence-electron chi connectivity index (χ3n) is 5.98. The molecule has 0 unspecified atom stereocenters. The molecule has 11 heteroatoms. The SMILES string of the molecule is COc1cc(N2C(=O)c3cccc([N+](=O)[O-])c3C2=O)c(Cl)cc1C(=O)OCC(=O)c1ccc(C)c(C)c1. The lowest BCUT2D eigenvalue weighted by Gasteiger charge is -2.18. The van der Waals surface area contributed by atoms with Gasteiger partial charge in [-0.3, -0.25) is 24.5 Å². The van der Waals surface area contributed by atoms with Gasteiger partial charge in [-0.15, -0.1) is 0 Å².